The van der Waals surface area contributed by atoms with Gasteiger partial charge in [-0.05, 0) is 54.8 Å². The zero-order chi connectivity index (χ0) is 16.8. The van der Waals surface area contributed by atoms with Crippen LogP contribution >= 0.6 is 0 Å². The summed E-state index contributed by atoms with van der Waals surface area (Å²) in [5, 5.41) is 9.90. The molecule has 23 heavy (non-hydrogen) atoms. The molecule has 2 aliphatic carbocycles. The zero-order valence-corrected chi connectivity index (χ0v) is 14.7. The molecule has 3 rings (SSSR count). The van der Waals surface area contributed by atoms with Crippen LogP contribution in [-0.4, -0.2) is 23.8 Å². The Morgan fingerprint density at radius 1 is 1.35 bits per heavy atom. The number of carbonyl (C=O) groups excluding carboxylic acids is 1. The Morgan fingerprint density at radius 3 is 2.74 bits per heavy atom. The normalized spacial score (nSPS) is 41.7. The van der Waals surface area contributed by atoms with Gasteiger partial charge in [-0.2, -0.15) is 0 Å². The van der Waals surface area contributed by atoms with Crippen LogP contribution in [0.2, 0.25) is 0 Å². The minimum absolute atomic E-state index is 0.100. The Morgan fingerprint density at radius 2 is 2.09 bits per heavy atom. The average molecular weight is 318 g/mol. The maximum Gasteiger partial charge on any atom is 0.336 e. The van der Waals surface area contributed by atoms with Crippen molar-refractivity contribution in [2.45, 2.75) is 65.4 Å². The summed E-state index contributed by atoms with van der Waals surface area (Å²) in [5.41, 5.74) is 2.39. The van der Waals surface area contributed by atoms with E-state index in [1.54, 1.807) is 0 Å². The number of fused-ring (bicyclic) bond motifs is 1. The molecule has 1 unspecified atom stereocenters. The van der Waals surface area contributed by atoms with Crippen molar-refractivity contribution in [3.63, 3.8) is 0 Å². The Hall–Kier alpha value is -1.09. The van der Waals surface area contributed by atoms with Gasteiger partial charge in [0.25, 0.3) is 0 Å². The van der Waals surface area contributed by atoms with E-state index >= 15 is 0 Å². The minimum atomic E-state index is -0.759. The average Bonchev–Trinajstić information content (AvgIpc) is 2.77. The maximum absolute atomic E-state index is 11.7. The predicted octanol–water partition coefficient (Wildman–Crippen LogP) is 4.02. The van der Waals surface area contributed by atoms with Gasteiger partial charge in [-0.15, -0.1) is 0 Å². The quantitative estimate of drug-likeness (QED) is 0.475. The van der Waals surface area contributed by atoms with Crippen LogP contribution in [0.5, 0.6) is 0 Å². The van der Waals surface area contributed by atoms with E-state index in [9.17, 15) is 9.90 Å². The first-order chi connectivity index (χ1) is 10.8. The van der Waals surface area contributed by atoms with Crippen LogP contribution in [-0.2, 0) is 9.53 Å². The fourth-order valence-corrected chi connectivity index (χ4v) is 5.64. The second kappa shape index (κ2) is 5.77. The molecule has 1 heterocycles. The van der Waals surface area contributed by atoms with Gasteiger partial charge in [-0.3, -0.25) is 0 Å². The lowest BCUT2D eigenvalue weighted by Gasteiger charge is -2.58. The molecule has 1 N–H and O–H groups in total. The number of cyclic esters (lactones) is 1. The third-order valence-electron chi connectivity index (χ3n) is 6.86. The number of hydrogen-bond donors (Lipinski definition) is 1. The third-order valence-corrected chi connectivity index (χ3v) is 6.86. The first kappa shape index (κ1) is 16.8. The van der Waals surface area contributed by atoms with Crippen molar-refractivity contribution in [2.75, 3.05) is 6.61 Å². The SMILES string of the molecule is C=C1CC[C@H]2C(C)(C)CCC[C@]2(C)[C@H]1C/C=C1/C(=O)OCC1O. The zero-order valence-electron chi connectivity index (χ0n) is 14.7. The summed E-state index contributed by atoms with van der Waals surface area (Å²) >= 11 is 0. The fourth-order valence-electron chi connectivity index (χ4n) is 5.64. The second-order valence-electron chi connectivity index (χ2n) is 8.66. The number of rotatable bonds is 2. The number of esters is 1. The second-order valence-corrected chi connectivity index (χ2v) is 8.66. The summed E-state index contributed by atoms with van der Waals surface area (Å²) in [5.74, 6) is 0.747. The molecule has 0 aromatic rings. The summed E-state index contributed by atoms with van der Waals surface area (Å²) in [6, 6.07) is 0. The molecule has 0 aromatic heterocycles. The largest absolute Gasteiger partial charge is 0.459 e. The molecule has 1 saturated heterocycles. The van der Waals surface area contributed by atoms with Gasteiger partial charge in [0.15, 0.2) is 0 Å². The number of ether oxygens (including phenoxy) is 1. The first-order valence-corrected chi connectivity index (χ1v) is 8.98. The van der Waals surface area contributed by atoms with Gasteiger partial charge in [0.2, 0.25) is 0 Å². The van der Waals surface area contributed by atoms with Gasteiger partial charge in [0, 0.05) is 0 Å². The fraction of sp³-hybridized carbons (Fsp3) is 0.750. The van der Waals surface area contributed by atoms with E-state index in [1.165, 1.54) is 31.3 Å². The molecule has 0 radical (unpaired) electrons. The van der Waals surface area contributed by atoms with E-state index in [2.05, 4.69) is 27.4 Å². The highest BCUT2D eigenvalue weighted by molar-refractivity contribution is 5.91. The van der Waals surface area contributed by atoms with Gasteiger partial charge in [-0.1, -0.05) is 45.4 Å². The number of carbonyl (C=O) groups is 1. The molecular weight excluding hydrogens is 288 g/mol. The summed E-state index contributed by atoms with van der Waals surface area (Å²) in [6.07, 6.45) is 8.09. The summed E-state index contributed by atoms with van der Waals surface area (Å²) < 4.78 is 4.93. The van der Waals surface area contributed by atoms with Crippen molar-refractivity contribution in [1.82, 2.24) is 0 Å². The van der Waals surface area contributed by atoms with Crippen molar-refractivity contribution in [3.05, 3.63) is 23.8 Å². The summed E-state index contributed by atoms with van der Waals surface area (Å²) in [6.45, 7) is 11.7. The topological polar surface area (TPSA) is 46.5 Å². The number of allylic oxidation sites excluding steroid dienone is 2. The van der Waals surface area contributed by atoms with E-state index in [0.29, 0.717) is 22.8 Å². The van der Waals surface area contributed by atoms with Crippen molar-refractivity contribution < 1.29 is 14.6 Å². The van der Waals surface area contributed by atoms with Gasteiger partial charge in [0.1, 0.15) is 12.7 Å². The molecule has 3 aliphatic rings. The van der Waals surface area contributed by atoms with E-state index in [1.807, 2.05) is 6.08 Å². The van der Waals surface area contributed by atoms with Crippen LogP contribution in [0.3, 0.4) is 0 Å². The van der Waals surface area contributed by atoms with Crippen molar-refractivity contribution in [1.29, 1.82) is 0 Å². The molecule has 0 aromatic carbocycles. The van der Waals surface area contributed by atoms with E-state index in [-0.39, 0.29) is 18.0 Å². The molecule has 0 amide bonds. The Bertz CT molecular complexity index is 545. The lowest BCUT2D eigenvalue weighted by atomic mass is 9.47. The predicted molar refractivity (Wildman–Crippen MR) is 90.8 cm³/mol. The molecule has 3 heteroatoms. The molecule has 2 saturated carbocycles. The number of aliphatic hydroxyl groups is 1. The third kappa shape index (κ3) is 2.77. The van der Waals surface area contributed by atoms with Crippen molar-refractivity contribution >= 4 is 5.97 Å². The monoisotopic (exact) mass is 318 g/mol. The van der Waals surface area contributed by atoms with Crippen LogP contribution in [0.25, 0.3) is 0 Å². The number of aliphatic hydroxyl groups excluding tert-OH is 1. The van der Waals surface area contributed by atoms with Crippen molar-refractivity contribution in [3.8, 4) is 0 Å². The minimum Gasteiger partial charge on any atom is -0.459 e. The standard InChI is InChI=1S/C20H30O3/c1-13-6-9-17-19(2,3)10-5-11-20(17,4)15(13)8-7-14-16(21)12-23-18(14)22/h7,15-17,21H,1,5-6,8-12H2,2-4H3/b14-7+/t15-,16?,17-,20+/m0/s1. The van der Waals surface area contributed by atoms with E-state index in [0.717, 1.165) is 12.8 Å². The van der Waals surface area contributed by atoms with E-state index in [4.69, 9.17) is 4.74 Å². The molecule has 3 fully saturated rings. The van der Waals surface area contributed by atoms with Gasteiger partial charge >= 0.3 is 5.97 Å². The highest BCUT2D eigenvalue weighted by atomic mass is 16.6. The first-order valence-electron chi connectivity index (χ1n) is 8.98. The van der Waals surface area contributed by atoms with Gasteiger partial charge in [0.05, 0.1) is 5.57 Å². The van der Waals surface area contributed by atoms with Crippen LogP contribution in [0.4, 0.5) is 0 Å². The molecule has 1 aliphatic heterocycles. The number of hydrogen-bond acceptors (Lipinski definition) is 3. The lowest BCUT2D eigenvalue weighted by molar-refractivity contribution is -0.135. The van der Waals surface area contributed by atoms with Gasteiger partial charge in [-0.25, -0.2) is 4.79 Å². The molecule has 0 bridgehead atoms. The summed E-state index contributed by atoms with van der Waals surface area (Å²) in [4.78, 5) is 11.7. The molecule has 4 atom stereocenters. The molecule has 128 valence electrons. The molecule has 0 spiro atoms. The highest BCUT2D eigenvalue weighted by Crippen LogP contribution is 2.61. The Labute approximate surface area is 139 Å². The van der Waals surface area contributed by atoms with Crippen LogP contribution in [0.1, 0.15) is 59.3 Å². The van der Waals surface area contributed by atoms with Crippen molar-refractivity contribution in [2.24, 2.45) is 22.7 Å². The lowest BCUT2D eigenvalue weighted by Crippen LogP contribution is -2.49. The van der Waals surface area contributed by atoms with Crippen LogP contribution in [0.15, 0.2) is 23.8 Å². The molecule has 3 nitrogen and oxygen atoms in total. The van der Waals surface area contributed by atoms with Crippen LogP contribution < -0.4 is 0 Å². The van der Waals surface area contributed by atoms with Crippen LogP contribution in [0, 0.1) is 22.7 Å². The summed E-state index contributed by atoms with van der Waals surface area (Å²) in [7, 11) is 0. The maximum atomic E-state index is 11.7. The van der Waals surface area contributed by atoms with Gasteiger partial charge < -0.3 is 9.84 Å². The van der Waals surface area contributed by atoms with E-state index < -0.39 is 6.10 Å². The Kier molecular flexibility index (Phi) is 4.20. The smallest absolute Gasteiger partial charge is 0.336 e. The molecular formula is C20H30O3. The Balaban J connectivity index is 1.86. The highest BCUT2D eigenvalue weighted by Gasteiger charge is 2.52.